The van der Waals surface area contributed by atoms with Gasteiger partial charge in [0.15, 0.2) is 0 Å². The minimum Gasteiger partial charge on any atom is -0.273 e. The van der Waals surface area contributed by atoms with Gasteiger partial charge < -0.3 is 0 Å². The zero-order valence-electron chi connectivity index (χ0n) is 8.17. The molecule has 0 radical (unpaired) electrons. The van der Waals surface area contributed by atoms with E-state index in [0.717, 1.165) is 5.33 Å². The van der Waals surface area contributed by atoms with E-state index in [4.69, 9.17) is 0 Å². The molecule has 1 aromatic heterocycles. The maximum Gasteiger partial charge on any atom is 0.0492 e. The molecule has 3 heteroatoms. The zero-order chi connectivity index (χ0) is 9.52. The number of nitrogens with zero attached hydrogens (tertiary/aromatic N) is 2. The van der Waals surface area contributed by atoms with Gasteiger partial charge in [-0.2, -0.15) is 5.10 Å². The first-order valence-electron chi connectivity index (χ1n) is 4.87. The lowest BCUT2D eigenvalue weighted by atomic mass is 10.1. The van der Waals surface area contributed by atoms with Crippen molar-refractivity contribution in [2.45, 2.75) is 32.1 Å². The van der Waals surface area contributed by atoms with E-state index >= 15 is 0 Å². The van der Waals surface area contributed by atoms with Crippen molar-refractivity contribution in [2.75, 3.05) is 5.33 Å². The second-order valence-corrected chi connectivity index (χ2v) is 4.09. The van der Waals surface area contributed by atoms with Gasteiger partial charge in [-0.15, -0.1) is 0 Å². The molecule has 13 heavy (non-hydrogen) atoms. The largest absolute Gasteiger partial charge is 0.273 e. The molecular formula is C10H17BrN2. The average Bonchev–Trinajstić information content (AvgIpc) is 2.52. The Kier molecular flexibility index (Phi) is 5.13. The molecule has 0 aromatic carbocycles. The van der Waals surface area contributed by atoms with Gasteiger partial charge in [0.25, 0.3) is 0 Å². The average molecular weight is 245 g/mol. The Balaban J connectivity index is 2.10. The van der Waals surface area contributed by atoms with Crippen molar-refractivity contribution in [3.8, 4) is 0 Å². The van der Waals surface area contributed by atoms with E-state index in [1.807, 2.05) is 17.9 Å². The summed E-state index contributed by atoms with van der Waals surface area (Å²) in [6.45, 7) is 0. The standard InChI is InChI=1S/C10H17BrN2/c1-13-10(7-9-12-13)6-4-2-3-5-8-11/h7,9H,2-6,8H2,1H3. The zero-order valence-corrected chi connectivity index (χ0v) is 9.76. The van der Waals surface area contributed by atoms with Gasteiger partial charge in [-0.1, -0.05) is 28.8 Å². The quantitative estimate of drug-likeness (QED) is 0.556. The predicted octanol–water partition coefficient (Wildman–Crippen LogP) is 2.92. The summed E-state index contributed by atoms with van der Waals surface area (Å²) in [7, 11) is 2.01. The Bertz CT molecular complexity index is 233. The van der Waals surface area contributed by atoms with E-state index in [9.17, 15) is 0 Å². The highest BCUT2D eigenvalue weighted by Gasteiger charge is 1.97. The fourth-order valence-corrected chi connectivity index (χ4v) is 1.80. The number of halogens is 1. The first-order chi connectivity index (χ1) is 6.34. The number of aryl methyl sites for hydroxylation is 2. The van der Waals surface area contributed by atoms with Crippen molar-refractivity contribution in [2.24, 2.45) is 7.05 Å². The predicted molar refractivity (Wildman–Crippen MR) is 59.2 cm³/mol. The van der Waals surface area contributed by atoms with Crippen molar-refractivity contribution in [1.82, 2.24) is 9.78 Å². The monoisotopic (exact) mass is 244 g/mol. The normalized spacial score (nSPS) is 10.6. The van der Waals surface area contributed by atoms with Crippen molar-refractivity contribution in [3.05, 3.63) is 18.0 Å². The van der Waals surface area contributed by atoms with E-state index in [2.05, 4.69) is 27.1 Å². The molecule has 1 rings (SSSR count). The molecular weight excluding hydrogens is 228 g/mol. The third-order valence-corrected chi connectivity index (χ3v) is 2.80. The fraction of sp³-hybridized carbons (Fsp3) is 0.700. The number of hydrogen-bond acceptors (Lipinski definition) is 1. The van der Waals surface area contributed by atoms with Crippen molar-refractivity contribution in [3.63, 3.8) is 0 Å². The van der Waals surface area contributed by atoms with Crippen LogP contribution in [0.2, 0.25) is 0 Å². The molecule has 0 fully saturated rings. The van der Waals surface area contributed by atoms with Crippen molar-refractivity contribution in [1.29, 1.82) is 0 Å². The molecule has 0 amide bonds. The van der Waals surface area contributed by atoms with Crippen LogP contribution in [-0.2, 0) is 13.5 Å². The van der Waals surface area contributed by atoms with E-state index in [-0.39, 0.29) is 0 Å². The van der Waals surface area contributed by atoms with Crippen molar-refractivity contribution >= 4 is 15.9 Å². The van der Waals surface area contributed by atoms with Gasteiger partial charge in [0, 0.05) is 24.3 Å². The Morgan fingerprint density at radius 1 is 1.31 bits per heavy atom. The molecule has 0 spiro atoms. The summed E-state index contributed by atoms with van der Waals surface area (Å²) in [5, 5.41) is 5.28. The number of aromatic nitrogens is 2. The summed E-state index contributed by atoms with van der Waals surface area (Å²) in [5.41, 5.74) is 1.35. The third-order valence-electron chi connectivity index (χ3n) is 2.24. The van der Waals surface area contributed by atoms with Crippen molar-refractivity contribution < 1.29 is 0 Å². The molecule has 0 aliphatic rings. The molecule has 0 saturated carbocycles. The first kappa shape index (κ1) is 10.8. The number of rotatable bonds is 6. The van der Waals surface area contributed by atoms with Gasteiger partial charge in [-0.25, -0.2) is 0 Å². The molecule has 0 unspecified atom stereocenters. The van der Waals surface area contributed by atoms with Crippen LogP contribution in [0.5, 0.6) is 0 Å². The Labute approximate surface area is 88.5 Å². The highest BCUT2D eigenvalue weighted by atomic mass is 79.9. The van der Waals surface area contributed by atoms with Crippen LogP contribution in [0.25, 0.3) is 0 Å². The maximum absolute atomic E-state index is 4.14. The highest BCUT2D eigenvalue weighted by Crippen LogP contribution is 2.07. The molecule has 0 aliphatic carbocycles. The van der Waals surface area contributed by atoms with Crippen LogP contribution in [0.4, 0.5) is 0 Å². The summed E-state index contributed by atoms with van der Waals surface area (Å²) < 4.78 is 1.96. The molecule has 1 aromatic rings. The van der Waals surface area contributed by atoms with Crippen LogP contribution >= 0.6 is 15.9 Å². The third kappa shape index (κ3) is 3.94. The molecule has 74 valence electrons. The second-order valence-electron chi connectivity index (χ2n) is 3.30. The smallest absolute Gasteiger partial charge is 0.0492 e. The Morgan fingerprint density at radius 3 is 2.69 bits per heavy atom. The molecule has 0 N–H and O–H groups in total. The molecule has 0 aliphatic heterocycles. The second kappa shape index (κ2) is 6.19. The Hall–Kier alpha value is -0.310. The van der Waals surface area contributed by atoms with Crippen LogP contribution < -0.4 is 0 Å². The summed E-state index contributed by atoms with van der Waals surface area (Å²) >= 11 is 3.44. The minimum atomic E-state index is 1.14. The molecule has 0 atom stereocenters. The lowest BCUT2D eigenvalue weighted by Gasteiger charge is -2.01. The Morgan fingerprint density at radius 2 is 2.08 bits per heavy atom. The topological polar surface area (TPSA) is 17.8 Å². The van der Waals surface area contributed by atoms with E-state index in [1.54, 1.807) is 0 Å². The molecule has 0 saturated heterocycles. The van der Waals surface area contributed by atoms with Gasteiger partial charge in [0.2, 0.25) is 0 Å². The summed E-state index contributed by atoms with van der Waals surface area (Å²) in [6, 6.07) is 2.10. The number of hydrogen-bond donors (Lipinski definition) is 0. The van der Waals surface area contributed by atoms with Gasteiger partial charge in [-0.05, 0) is 25.3 Å². The van der Waals surface area contributed by atoms with Crippen LogP contribution in [0, 0.1) is 0 Å². The number of unbranched alkanes of at least 4 members (excludes halogenated alkanes) is 3. The summed E-state index contributed by atoms with van der Waals surface area (Å²) in [5.74, 6) is 0. The van der Waals surface area contributed by atoms with E-state index < -0.39 is 0 Å². The lowest BCUT2D eigenvalue weighted by molar-refractivity contribution is 0.633. The lowest BCUT2D eigenvalue weighted by Crippen LogP contribution is -1.97. The minimum absolute atomic E-state index is 1.14. The van der Waals surface area contributed by atoms with E-state index in [1.165, 1.54) is 37.8 Å². The van der Waals surface area contributed by atoms with Gasteiger partial charge >= 0.3 is 0 Å². The van der Waals surface area contributed by atoms with Gasteiger partial charge in [-0.3, -0.25) is 4.68 Å². The number of alkyl halides is 1. The molecule has 2 nitrogen and oxygen atoms in total. The first-order valence-corrected chi connectivity index (χ1v) is 5.99. The van der Waals surface area contributed by atoms with Crippen LogP contribution in [-0.4, -0.2) is 15.1 Å². The highest BCUT2D eigenvalue weighted by molar-refractivity contribution is 9.09. The van der Waals surface area contributed by atoms with E-state index in [0.29, 0.717) is 0 Å². The molecule has 1 heterocycles. The van der Waals surface area contributed by atoms with Crippen LogP contribution in [0.3, 0.4) is 0 Å². The van der Waals surface area contributed by atoms with Crippen LogP contribution in [0.15, 0.2) is 12.3 Å². The SMILES string of the molecule is Cn1nccc1CCCCCCBr. The van der Waals surface area contributed by atoms with Gasteiger partial charge in [0.05, 0.1) is 0 Å². The van der Waals surface area contributed by atoms with Gasteiger partial charge in [0.1, 0.15) is 0 Å². The fourth-order valence-electron chi connectivity index (χ4n) is 1.40. The maximum atomic E-state index is 4.14. The summed E-state index contributed by atoms with van der Waals surface area (Å²) in [4.78, 5) is 0. The molecule has 0 bridgehead atoms. The summed E-state index contributed by atoms with van der Waals surface area (Å²) in [6.07, 6.45) is 8.28. The van der Waals surface area contributed by atoms with Crippen LogP contribution in [0.1, 0.15) is 31.4 Å².